The lowest BCUT2D eigenvalue weighted by molar-refractivity contribution is -0.141. The molecule has 3 N–H and O–H groups in total. The smallest absolute Gasteiger partial charge is 0.328 e. The molecule has 0 spiro atoms. The third-order valence-electron chi connectivity index (χ3n) is 1.88. The van der Waals surface area contributed by atoms with Crippen LogP contribution in [0.2, 0.25) is 0 Å². The predicted molar refractivity (Wildman–Crippen MR) is 59.1 cm³/mol. The first-order valence-electron chi connectivity index (χ1n) is 4.82. The lowest BCUT2D eigenvalue weighted by Crippen LogP contribution is -2.51. The molecule has 0 aromatic carbocycles. The van der Waals surface area contributed by atoms with E-state index in [1.807, 2.05) is 0 Å². The fourth-order valence-corrected chi connectivity index (χ4v) is 1.11. The molecule has 16 heavy (non-hydrogen) atoms. The second-order valence-electron chi connectivity index (χ2n) is 3.82. The number of nitrogens with one attached hydrogen (secondary N) is 1. The molecule has 0 aromatic rings. The Morgan fingerprint density at radius 2 is 2.00 bits per heavy atom. The number of carboxylic acids is 1. The monoisotopic (exact) mass is 230 g/mol. The van der Waals surface area contributed by atoms with Crippen LogP contribution in [0.4, 0.5) is 4.79 Å². The summed E-state index contributed by atoms with van der Waals surface area (Å²) in [6, 6.07) is -1.86. The first-order chi connectivity index (χ1) is 7.25. The van der Waals surface area contributed by atoms with Crippen molar-refractivity contribution in [1.29, 1.82) is 0 Å². The molecule has 2 unspecified atom stereocenters. The fraction of sp³-hybridized carbons (Fsp3) is 0.600. The zero-order chi connectivity index (χ0) is 12.9. The highest BCUT2D eigenvalue weighted by Crippen LogP contribution is 1.97. The number of urea groups is 1. The van der Waals surface area contributed by atoms with Crippen LogP contribution in [0, 0.1) is 0 Å². The summed E-state index contributed by atoms with van der Waals surface area (Å²) in [5.41, 5.74) is 0.779. The maximum atomic E-state index is 11.5. The van der Waals surface area contributed by atoms with Gasteiger partial charge in [0.15, 0.2) is 6.04 Å². The Kier molecular flexibility index (Phi) is 5.52. The number of nitrogens with zero attached hydrogens (tertiary/aromatic N) is 1. The van der Waals surface area contributed by atoms with Crippen molar-refractivity contribution >= 4 is 12.0 Å². The minimum atomic E-state index is -1.31. The molecular formula is C10H18N2O4. The standard InChI is InChI=1S/C10H18N2O4/c1-6(2)5-12(4)10(16)11-8(7(3)13)9(14)15/h7-8,13H,1,5H2,2-4H3,(H,11,16)(H,14,15). The van der Waals surface area contributed by atoms with E-state index >= 15 is 0 Å². The number of carbonyl (C=O) groups excluding carboxylic acids is 1. The van der Waals surface area contributed by atoms with Gasteiger partial charge >= 0.3 is 12.0 Å². The van der Waals surface area contributed by atoms with E-state index in [2.05, 4.69) is 11.9 Å². The molecule has 0 aliphatic carbocycles. The van der Waals surface area contributed by atoms with E-state index in [9.17, 15) is 9.59 Å². The van der Waals surface area contributed by atoms with Crippen molar-refractivity contribution < 1.29 is 19.8 Å². The van der Waals surface area contributed by atoms with E-state index in [1.54, 1.807) is 6.92 Å². The Bertz CT molecular complexity index is 289. The molecule has 0 aliphatic rings. The van der Waals surface area contributed by atoms with Crippen LogP contribution in [-0.2, 0) is 4.79 Å². The van der Waals surface area contributed by atoms with Gasteiger partial charge < -0.3 is 20.4 Å². The first kappa shape index (κ1) is 14.4. The number of likely N-dealkylation sites (N-methyl/N-ethyl adjacent to an activating group) is 1. The molecule has 6 heteroatoms. The number of amides is 2. The Morgan fingerprint density at radius 3 is 2.31 bits per heavy atom. The van der Waals surface area contributed by atoms with E-state index in [4.69, 9.17) is 10.2 Å². The molecule has 0 aromatic heterocycles. The predicted octanol–water partition coefficient (Wildman–Crippen LogP) is 0.0379. The summed E-state index contributed by atoms with van der Waals surface area (Å²) < 4.78 is 0. The molecule has 0 radical (unpaired) electrons. The van der Waals surface area contributed by atoms with Crippen LogP contribution in [0.25, 0.3) is 0 Å². The van der Waals surface area contributed by atoms with Crippen LogP contribution in [-0.4, -0.2) is 52.9 Å². The number of hydrogen-bond acceptors (Lipinski definition) is 3. The van der Waals surface area contributed by atoms with E-state index in [0.717, 1.165) is 5.57 Å². The average Bonchev–Trinajstić information content (AvgIpc) is 2.11. The summed E-state index contributed by atoms with van der Waals surface area (Å²) in [5.74, 6) is -1.27. The summed E-state index contributed by atoms with van der Waals surface area (Å²) in [6.07, 6.45) is -1.15. The van der Waals surface area contributed by atoms with Gasteiger partial charge in [-0.05, 0) is 13.8 Å². The largest absolute Gasteiger partial charge is 0.480 e. The molecule has 0 saturated heterocycles. The van der Waals surface area contributed by atoms with Gasteiger partial charge in [0, 0.05) is 13.6 Å². The number of aliphatic hydroxyl groups excluding tert-OH is 1. The fourth-order valence-electron chi connectivity index (χ4n) is 1.11. The number of aliphatic carboxylic acids is 1. The minimum absolute atomic E-state index is 0.331. The van der Waals surface area contributed by atoms with Crippen molar-refractivity contribution in [1.82, 2.24) is 10.2 Å². The van der Waals surface area contributed by atoms with Gasteiger partial charge in [-0.15, -0.1) is 0 Å². The zero-order valence-corrected chi connectivity index (χ0v) is 9.73. The Morgan fingerprint density at radius 1 is 1.50 bits per heavy atom. The quantitative estimate of drug-likeness (QED) is 0.581. The average molecular weight is 230 g/mol. The second kappa shape index (κ2) is 6.12. The molecule has 0 saturated carbocycles. The van der Waals surface area contributed by atoms with Crippen LogP contribution in [0.15, 0.2) is 12.2 Å². The van der Waals surface area contributed by atoms with Gasteiger partial charge in [-0.25, -0.2) is 9.59 Å². The van der Waals surface area contributed by atoms with Crippen molar-refractivity contribution in [3.63, 3.8) is 0 Å². The number of hydrogen-bond donors (Lipinski definition) is 3. The highest BCUT2D eigenvalue weighted by molar-refractivity contribution is 5.83. The molecule has 0 aliphatic heterocycles. The highest BCUT2D eigenvalue weighted by atomic mass is 16.4. The number of carboxylic acid groups (broad SMARTS) is 1. The zero-order valence-electron chi connectivity index (χ0n) is 9.73. The minimum Gasteiger partial charge on any atom is -0.480 e. The lowest BCUT2D eigenvalue weighted by atomic mass is 10.2. The highest BCUT2D eigenvalue weighted by Gasteiger charge is 2.26. The van der Waals surface area contributed by atoms with Gasteiger partial charge in [0.05, 0.1) is 6.10 Å². The molecule has 2 atom stereocenters. The van der Waals surface area contributed by atoms with Gasteiger partial charge in [-0.2, -0.15) is 0 Å². The molecule has 0 rings (SSSR count). The molecule has 0 heterocycles. The van der Waals surface area contributed by atoms with E-state index in [0.29, 0.717) is 6.54 Å². The number of rotatable bonds is 5. The van der Waals surface area contributed by atoms with E-state index in [-0.39, 0.29) is 0 Å². The molecule has 0 bridgehead atoms. The van der Waals surface area contributed by atoms with Crippen LogP contribution >= 0.6 is 0 Å². The lowest BCUT2D eigenvalue weighted by Gasteiger charge is -2.22. The molecular weight excluding hydrogens is 212 g/mol. The van der Waals surface area contributed by atoms with Gasteiger partial charge in [0.2, 0.25) is 0 Å². The third kappa shape index (κ3) is 4.79. The van der Waals surface area contributed by atoms with E-state index < -0.39 is 24.1 Å². The molecule has 0 fully saturated rings. The SMILES string of the molecule is C=C(C)CN(C)C(=O)NC(C(=O)O)C(C)O. The summed E-state index contributed by atoms with van der Waals surface area (Å²) in [5, 5.41) is 20.1. The maximum Gasteiger partial charge on any atom is 0.328 e. The summed E-state index contributed by atoms with van der Waals surface area (Å²) >= 11 is 0. The summed E-state index contributed by atoms with van der Waals surface area (Å²) in [6.45, 7) is 7.03. The van der Waals surface area contributed by atoms with Gasteiger partial charge in [0.1, 0.15) is 0 Å². The topological polar surface area (TPSA) is 89.9 Å². The van der Waals surface area contributed by atoms with Gasteiger partial charge in [0.25, 0.3) is 0 Å². The molecule has 2 amide bonds. The number of carbonyl (C=O) groups is 2. The van der Waals surface area contributed by atoms with Crippen molar-refractivity contribution in [3.05, 3.63) is 12.2 Å². The Hall–Kier alpha value is -1.56. The molecule has 92 valence electrons. The van der Waals surface area contributed by atoms with Crippen LogP contribution in [0.3, 0.4) is 0 Å². The van der Waals surface area contributed by atoms with E-state index in [1.165, 1.54) is 18.9 Å². The Balaban J connectivity index is 4.40. The van der Waals surface area contributed by atoms with Gasteiger partial charge in [-0.3, -0.25) is 0 Å². The van der Waals surface area contributed by atoms with Crippen LogP contribution in [0.5, 0.6) is 0 Å². The van der Waals surface area contributed by atoms with Gasteiger partial charge in [-0.1, -0.05) is 12.2 Å². The summed E-state index contributed by atoms with van der Waals surface area (Å²) in [7, 11) is 1.52. The first-order valence-corrected chi connectivity index (χ1v) is 4.82. The van der Waals surface area contributed by atoms with Crippen LogP contribution < -0.4 is 5.32 Å². The second-order valence-corrected chi connectivity index (χ2v) is 3.82. The van der Waals surface area contributed by atoms with Crippen molar-refractivity contribution in [3.8, 4) is 0 Å². The van der Waals surface area contributed by atoms with Crippen LogP contribution in [0.1, 0.15) is 13.8 Å². The molecule has 6 nitrogen and oxygen atoms in total. The third-order valence-corrected chi connectivity index (χ3v) is 1.88. The van der Waals surface area contributed by atoms with Crippen molar-refractivity contribution in [2.45, 2.75) is 26.0 Å². The summed E-state index contributed by atoms with van der Waals surface area (Å²) in [4.78, 5) is 23.5. The number of aliphatic hydroxyl groups is 1. The Labute approximate surface area is 94.6 Å². The van der Waals surface area contributed by atoms with Crippen molar-refractivity contribution in [2.24, 2.45) is 0 Å². The van der Waals surface area contributed by atoms with Crippen molar-refractivity contribution in [2.75, 3.05) is 13.6 Å². The maximum absolute atomic E-state index is 11.5. The normalized spacial score (nSPS) is 13.8.